The van der Waals surface area contributed by atoms with Gasteiger partial charge in [-0.2, -0.15) is 0 Å². The van der Waals surface area contributed by atoms with Crippen molar-refractivity contribution in [1.29, 1.82) is 0 Å². The van der Waals surface area contributed by atoms with E-state index in [9.17, 15) is 4.39 Å². The molecule has 2 aromatic carbocycles. The molecule has 0 fully saturated rings. The topological polar surface area (TPSA) is 26.0 Å². The molecule has 0 aromatic heterocycles. The van der Waals surface area contributed by atoms with E-state index in [0.29, 0.717) is 10.9 Å². The van der Waals surface area contributed by atoms with Crippen LogP contribution in [0.25, 0.3) is 0 Å². The number of aryl methyl sites for hydroxylation is 2. The van der Waals surface area contributed by atoms with Crippen molar-refractivity contribution in [1.82, 2.24) is 0 Å². The van der Waals surface area contributed by atoms with Crippen LogP contribution in [0.15, 0.2) is 40.9 Å². The minimum absolute atomic E-state index is 0.251. The van der Waals surface area contributed by atoms with Crippen molar-refractivity contribution in [2.24, 2.45) is 5.73 Å². The monoisotopic (exact) mass is 335 g/mol. The molecule has 2 N–H and O–H groups in total. The smallest absolute Gasteiger partial charge is 0.137 e. The first-order chi connectivity index (χ1) is 9.31. The van der Waals surface area contributed by atoms with Crippen molar-refractivity contribution in [3.63, 3.8) is 0 Å². The Hall–Kier alpha value is -1.19. The predicted octanol–water partition coefficient (Wildman–Crippen LogP) is 4.62. The first-order valence-electron chi connectivity index (χ1n) is 6.61. The standard InChI is InChI=1S/C17H19BrFN/c1-11-7-8-12(2)14(9-11)17(3,20)10-13-5-4-6-15(19)16(13)18/h4-9H,10,20H2,1-3H3. The largest absolute Gasteiger partial charge is 0.321 e. The molecule has 0 amide bonds. The first kappa shape index (κ1) is 15.2. The lowest BCUT2D eigenvalue weighted by Gasteiger charge is -2.28. The highest BCUT2D eigenvalue weighted by Gasteiger charge is 2.25. The molecule has 1 unspecified atom stereocenters. The molecule has 0 aliphatic heterocycles. The fraction of sp³-hybridized carbons (Fsp3) is 0.294. The van der Waals surface area contributed by atoms with E-state index >= 15 is 0 Å². The second kappa shape index (κ2) is 5.66. The van der Waals surface area contributed by atoms with Crippen LogP contribution in [0, 0.1) is 19.7 Å². The Bertz CT molecular complexity index is 635. The van der Waals surface area contributed by atoms with Gasteiger partial charge in [-0.1, -0.05) is 35.9 Å². The summed E-state index contributed by atoms with van der Waals surface area (Å²) in [6.07, 6.45) is 0.579. The SMILES string of the molecule is Cc1ccc(C)c(C(C)(N)Cc2cccc(F)c2Br)c1. The molecule has 2 aromatic rings. The lowest BCUT2D eigenvalue weighted by atomic mass is 9.83. The molecule has 0 bridgehead atoms. The molecule has 0 aliphatic rings. The van der Waals surface area contributed by atoms with Gasteiger partial charge in [-0.15, -0.1) is 0 Å². The highest BCUT2D eigenvalue weighted by molar-refractivity contribution is 9.10. The highest BCUT2D eigenvalue weighted by Crippen LogP contribution is 2.30. The second-order valence-electron chi connectivity index (χ2n) is 5.63. The van der Waals surface area contributed by atoms with E-state index in [2.05, 4.69) is 48.0 Å². The fourth-order valence-corrected chi connectivity index (χ4v) is 2.93. The summed E-state index contributed by atoms with van der Waals surface area (Å²) in [5.41, 5.74) is 10.3. The van der Waals surface area contributed by atoms with Gasteiger partial charge in [-0.25, -0.2) is 4.39 Å². The molecular formula is C17H19BrFN. The van der Waals surface area contributed by atoms with Crippen LogP contribution in [0.1, 0.15) is 29.2 Å². The van der Waals surface area contributed by atoms with Gasteiger partial charge in [-0.05, 0) is 65.9 Å². The summed E-state index contributed by atoms with van der Waals surface area (Å²) < 4.78 is 14.1. The Morgan fingerprint density at radius 2 is 1.90 bits per heavy atom. The molecule has 20 heavy (non-hydrogen) atoms. The van der Waals surface area contributed by atoms with Gasteiger partial charge in [0.2, 0.25) is 0 Å². The number of rotatable bonds is 3. The van der Waals surface area contributed by atoms with Crippen molar-refractivity contribution in [2.75, 3.05) is 0 Å². The minimum Gasteiger partial charge on any atom is -0.321 e. The third-order valence-corrected chi connectivity index (χ3v) is 4.49. The van der Waals surface area contributed by atoms with Crippen LogP contribution >= 0.6 is 15.9 Å². The van der Waals surface area contributed by atoms with E-state index in [0.717, 1.165) is 16.7 Å². The van der Waals surface area contributed by atoms with Crippen LogP contribution in [-0.2, 0) is 12.0 Å². The number of hydrogen-bond acceptors (Lipinski definition) is 1. The van der Waals surface area contributed by atoms with E-state index in [1.54, 1.807) is 6.07 Å². The molecule has 1 atom stereocenters. The maximum atomic E-state index is 13.6. The number of nitrogens with two attached hydrogens (primary N) is 1. The number of halogens is 2. The first-order valence-corrected chi connectivity index (χ1v) is 7.40. The zero-order chi connectivity index (χ0) is 14.9. The van der Waals surface area contributed by atoms with Crippen molar-refractivity contribution in [3.05, 3.63) is 68.9 Å². The second-order valence-corrected chi connectivity index (χ2v) is 6.42. The average Bonchev–Trinajstić information content (AvgIpc) is 2.37. The summed E-state index contributed by atoms with van der Waals surface area (Å²) >= 11 is 3.31. The molecular weight excluding hydrogens is 317 g/mol. The molecule has 0 heterocycles. The zero-order valence-corrected chi connectivity index (χ0v) is 13.6. The number of hydrogen-bond donors (Lipinski definition) is 1. The van der Waals surface area contributed by atoms with Gasteiger partial charge >= 0.3 is 0 Å². The van der Waals surface area contributed by atoms with Gasteiger partial charge in [0, 0.05) is 5.54 Å². The molecule has 0 aliphatic carbocycles. The van der Waals surface area contributed by atoms with Crippen LogP contribution in [0.5, 0.6) is 0 Å². The molecule has 0 spiro atoms. The maximum absolute atomic E-state index is 13.6. The molecule has 0 saturated carbocycles. The van der Waals surface area contributed by atoms with Crippen molar-refractivity contribution in [2.45, 2.75) is 32.7 Å². The molecule has 106 valence electrons. The van der Waals surface area contributed by atoms with E-state index in [-0.39, 0.29) is 5.82 Å². The fourth-order valence-electron chi connectivity index (χ4n) is 2.53. The average molecular weight is 336 g/mol. The third-order valence-electron chi connectivity index (χ3n) is 3.60. The zero-order valence-electron chi connectivity index (χ0n) is 12.0. The van der Waals surface area contributed by atoms with E-state index in [1.807, 2.05) is 13.0 Å². The Labute approximate surface area is 128 Å². The van der Waals surface area contributed by atoms with Crippen molar-refractivity contribution < 1.29 is 4.39 Å². The Kier molecular flexibility index (Phi) is 4.31. The van der Waals surface area contributed by atoms with E-state index in [4.69, 9.17) is 5.73 Å². The van der Waals surface area contributed by atoms with Crippen LogP contribution < -0.4 is 5.73 Å². The quantitative estimate of drug-likeness (QED) is 0.869. The van der Waals surface area contributed by atoms with Gasteiger partial charge in [0.25, 0.3) is 0 Å². The third kappa shape index (κ3) is 3.10. The molecule has 1 nitrogen and oxygen atoms in total. The Morgan fingerprint density at radius 1 is 1.20 bits per heavy atom. The van der Waals surface area contributed by atoms with Crippen molar-refractivity contribution >= 4 is 15.9 Å². The summed E-state index contributed by atoms with van der Waals surface area (Å²) in [5.74, 6) is -0.251. The van der Waals surface area contributed by atoms with Gasteiger partial charge in [0.05, 0.1) is 4.47 Å². The highest BCUT2D eigenvalue weighted by atomic mass is 79.9. The van der Waals surface area contributed by atoms with E-state index in [1.165, 1.54) is 11.6 Å². The van der Waals surface area contributed by atoms with Gasteiger partial charge in [-0.3, -0.25) is 0 Å². The predicted molar refractivity (Wildman–Crippen MR) is 85.3 cm³/mol. The maximum Gasteiger partial charge on any atom is 0.137 e. The summed E-state index contributed by atoms with van der Waals surface area (Å²) in [4.78, 5) is 0. The molecule has 0 radical (unpaired) electrons. The van der Waals surface area contributed by atoms with Crippen LogP contribution in [-0.4, -0.2) is 0 Å². The lowest BCUT2D eigenvalue weighted by molar-refractivity contribution is 0.485. The minimum atomic E-state index is -0.535. The van der Waals surface area contributed by atoms with Gasteiger partial charge in [0.1, 0.15) is 5.82 Å². The van der Waals surface area contributed by atoms with Gasteiger partial charge in [0.15, 0.2) is 0 Å². The lowest BCUT2D eigenvalue weighted by Crippen LogP contribution is -2.36. The summed E-state index contributed by atoms with van der Waals surface area (Å²) in [6, 6.07) is 11.3. The van der Waals surface area contributed by atoms with Crippen LogP contribution in [0.4, 0.5) is 4.39 Å². The van der Waals surface area contributed by atoms with Crippen LogP contribution in [0.3, 0.4) is 0 Å². The van der Waals surface area contributed by atoms with Crippen LogP contribution in [0.2, 0.25) is 0 Å². The summed E-state index contributed by atoms with van der Waals surface area (Å²) in [7, 11) is 0. The molecule has 0 saturated heterocycles. The van der Waals surface area contributed by atoms with E-state index < -0.39 is 5.54 Å². The summed E-state index contributed by atoms with van der Waals surface area (Å²) in [5, 5.41) is 0. The number of benzene rings is 2. The Balaban J connectivity index is 2.40. The molecule has 3 heteroatoms. The Morgan fingerprint density at radius 3 is 2.60 bits per heavy atom. The van der Waals surface area contributed by atoms with Crippen molar-refractivity contribution in [3.8, 4) is 0 Å². The summed E-state index contributed by atoms with van der Waals surface area (Å²) in [6.45, 7) is 6.10. The van der Waals surface area contributed by atoms with Gasteiger partial charge < -0.3 is 5.73 Å². The normalized spacial score (nSPS) is 14.1. The molecule has 2 rings (SSSR count).